The first kappa shape index (κ1) is 15.0. The molecule has 0 aliphatic heterocycles. The summed E-state index contributed by atoms with van der Waals surface area (Å²) in [6.07, 6.45) is 2.78. The number of nitrogen functional groups attached to an aromatic ring is 1. The van der Waals surface area contributed by atoms with E-state index in [9.17, 15) is 5.26 Å². The highest BCUT2D eigenvalue weighted by atomic mass is 16.3. The van der Waals surface area contributed by atoms with Crippen molar-refractivity contribution in [2.24, 2.45) is 5.92 Å². The predicted octanol–water partition coefficient (Wildman–Crippen LogP) is 2.30. The third-order valence-corrected chi connectivity index (χ3v) is 3.81. The smallest absolute Gasteiger partial charge is 0.230 e. The van der Waals surface area contributed by atoms with Crippen molar-refractivity contribution in [2.75, 3.05) is 24.7 Å². The van der Waals surface area contributed by atoms with Gasteiger partial charge in [-0.1, -0.05) is 6.92 Å². The summed E-state index contributed by atoms with van der Waals surface area (Å²) in [4.78, 5) is 14.0. The molecule has 1 fully saturated rings. The van der Waals surface area contributed by atoms with Crippen molar-refractivity contribution in [2.45, 2.75) is 19.3 Å². The molecule has 7 heteroatoms. The molecule has 2 N–H and O–H groups in total. The lowest BCUT2D eigenvalue weighted by atomic mass is 10.2. The van der Waals surface area contributed by atoms with Gasteiger partial charge in [-0.15, -0.1) is 0 Å². The average Bonchev–Trinajstić information content (AvgIpc) is 3.06. The van der Waals surface area contributed by atoms with Gasteiger partial charge in [-0.3, -0.25) is 0 Å². The van der Waals surface area contributed by atoms with Crippen molar-refractivity contribution in [3.63, 3.8) is 0 Å². The maximum atomic E-state index is 9.42. The predicted molar refractivity (Wildman–Crippen MR) is 87.3 cm³/mol. The molecule has 2 aromatic rings. The lowest BCUT2D eigenvalue weighted by molar-refractivity contribution is 0.498. The summed E-state index contributed by atoms with van der Waals surface area (Å²) in [5.74, 6) is 3.45. The Balaban J connectivity index is 1.93. The van der Waals surface area contributed by atoms with E-state index in [-0.39, 0.29) is 17.3 Å². The fourth-order valence-corrected chi connectivity index (χ4v) is 2.35. The van der Waals surface area contributed by atoms with Crippen molar-refractivity contribution >= 4 is 23.5 Å². The highest BCUT2D eigenvalue weighted by Gasteiger charge is 2.36. The average molecular weight is 310 g/mol. The molecule has 23 heavy (non-hydrogen) atoms. The van der Waals surface area contributed by atoms with Gasteiger partial charge in [-0.05, 0) is 24.5 Å². The number of furan rings is 1. The number of hydrogen-bond donors (Lipinski definition) is 1. The fourth-order valence-electron chi connectivity index (χ4n) is 2.35. The van der Waals surface area contributed by atoms with Crippen molar-refractivity contribution < 1.29 is 4.42 Å². The first-order chi connectivity index (χ1) is 11.0. The Morgan fingerprint density at radius 1 is 1.39 bits per heavy atom. The second kappa shape index (κ2) is 5.72. The second-order valence-electron chi connectivity index (χ2n) is 5.94. The summed E-state index contributed by atoms with van der Waals surface area (Å²) in [6.45, 7) is 2.19. The van der Waals surface area contributed by atoms with Crippen LogP contribution in [0.25, 0.3) is 11.6 Å². The zero-order valence-corrected chi connectivity index (χ0v) is 13.3. The monoisotopic (exact) mass is 310 g/mol. The zero-order chi connectivity index (χ0) is 16.6. The molecule has 2 atom stereocenters. The van der Waals surface area contributed by atoms with Crippen molar-refractivity contribution in [3.05, 3.63) is 29.5 Å². The van der Waals surface area contributed by atoms with Gasteiger partial charge in [-0.2, -0.15) is 20.2 Å². The van der Waals surface area contributed by atoms with Crippen LogP contribution in [0, 0.1) is 17.2 Å². The van der Waals surface area contributed by atoms with Gasteiger partial charge in [0.2, 0.25) is 11.9 Å². The van der Waals surface area contributed by atoms with Crippen LogP contribution in [-0.4, -0.2) is 29.0 Å². The molecular weight excluding hydrogens is 292 g/mol. The van der Waals surface area contributed by atoms with E-state index in [4.69, 9.17) is 10.2 Å². The van der Waals surface area contributed by atoms with E-state index in [0.29, 0.717) is 23.5 Å². The lowest BCUT2D eigenvalue weighted by Crippen LogP contribution is -2.15. The van der Waals surface area contributed by atoms with E-state index < -0.39 is 0 Å². The van der Waals surface area contributed by atoms with Crippen LogP contribution in [0.5, 0.6) is 0 Å². The quantitative estimate of drug-likeness (QED) is 0.864. The van der Waals surface area contributed by atoms with Crippen molar-refractivity contribution in [1.29, 1.82) is 5.26 Å². The molecule has 0 saturated heterocycles. The van der Waals surface area contributed by atoms with Gasteiger partial charge in [0.05, 0.1) is 0 Å². The summed E-state index contributed by atoms with van der Waals surface area (Å²) in [5.41, 5.74) is 5.99. The number of hydrogen-bond acceptors (Lipinski definition) is 7. The minimum absolute atomic E-state index is 0.0757. The Labute approximate surface area is 134 Å². The molecule has 0 aromatic carbocycles. The molecule has 0 spiro atoms. The number of nitrogens with zero attached hydrogens (tertiary/aromatic N) is 5. The number of aromatic nitrogens is 3. The van der Waals surface area contributed by atoms with Crippen LogP contribution in [-0.2, 0) is 0 Å². The maximum Gasteiger partial charge on any atom is 0.230 e. The van der Waals surface area contributed by atoms with Crippen LogP contribution >= 0.6 is 0 Å². The van der Waals surface area contributed by atoms with Crippen LogP contribution in [0.1, 0.15) is 36.6 Å². The Hall–Kier alpha value is -2.88. The van der Waals surface area contributed by atoms with E-state index in [1.165, 1.54) is 0 Å². The van der Waals surface area contributed by atoms with Crippen LogP contribution < -0.4 is 10.6 Å². The van der Waals surface area contributed by atoms with Crippen LogP contribution in [0.3, 0.4) is 0 Å². The highest BCUT2D eigenvalue weighted by Crippen LogP contribution is 2.47. The molecular formula is C16H18N6O. The summed E-state index contributed by atoms with van der Waals surface area (Å²) < 4.78 is 5.80. The number of allylic oxidation sites excluding steroid dienone is 1. The summed E-state index contributed by atoms with van der Waals surface area (Å²) in [7, 11) is 3.59. The van der Waals surface area contributed by atoms with Gasteiger partial charge in [0.25, 0.3) is 0 Å². The number of nitriles is 1. The minimum Gasteiger partial charge on any atom is -0.461 e. The van der Waals surface area contributed by atoms with E-state index in [2.05, 4.69) is 27.9 Å². The topological polar surface area (TPSA) is 105 Å². The lowest BCUT2D eigenvalue weighted by Gasteiger charge is -2.10. The molecule has 7 nitrogen and oxygen atoms in total. The van der Waals surface area contributed by atoms with Gasteiger partial charge in [0.1, 0.15) is 23.2 Å². The Morgan fingerprint density at radius 3 is 2.74 bits per heavy atom. The number of nitrogens with two attached hydrogens (primary N) is 1. The third-order valence-electron chi connectivity index (χ3n) is 3.81. The fraction of sp³-hybridized carbons (Fsp3) is 0.375. The Bertz CT molecular complexity index is 801. The molecule has 1 saturated carbocycles. The molecule has 0 amide bonds. The SMILES string of the molecule is CC1CC1c1ccc(/C=C(/C#N)c2nc(N)nc(N(C)C)n2)o1. The van der Waals surface area contributed by atoms with Crippen LogP contribution in [0.2, 0.25) is 0 Å². The molecule has 3 rings (SSSR count). The van der Waals surface area contributed by atoms with Gasteiger partial charge in [0, 0.05) is 26.1 Å². The highest BCUT2D eigenvalue weighted by molar-refractivity contribution is 5.86. The Morgan fingerprint density at radius 2 is 2.13 bits per heavy atom. The van der Waals surface area contributed by atoms with E-state index >= 15 is 0 Å². The normalized spacial score (nSPS) is 20.2. The van der Waals surface area contributed by atoms with Crippen LogP contribution in [0.4, 0.5) is 11.9 Å². The zero-order valence-electron chi connectivity index (χ0n) is 13.3. The summed E-state index contributed by atoms with van der Waals surface area (Å²) >= 11 is 0. The van der Waals surface area contributed by atoms with Crippen molar-refractivity contribution in [3.8, 4) is 6.07 Å². The molecule has 1 aliphatic rings. The van der Waals surface area contributed by atoms with E-state index in [1.54, 1.807) is 25.1 Å². The van der Waals surface area contributed by atoms with Gasteiger partial charge in [-0.25, -0.2) is 0 Å². The Kier molecular flexibility index (Phi) is 3.74. The minimum atomic E-state index is 0.0757. The van der Waals surface area contributed by atoms with Crippen LogP contribution in [0.15, 0.2) is 16.5 Å². The standard InChI is InChI=1S/C16H18N6O/c1-9-6-12(9)13-5-4-11(23-13)7-10(8-17)14-19-15(18)21-16(20-14)22(2)3/h4-5,7,9,12H,6H2,1-3H3,(H2,18,19,20,21)/b10-7-. The van der Waals surface area contributed by atoms with Gasteiger partial charge >= 0.3 is 0 Å². The molecule has 2 heterocycles. The number of anilines is 2. The largest absolute Gasteiger partial charge is 0.461 e. The first-order valence-corrected chi connectivity index (χ1v) is 7.38. The molecule has 0 bridgehead atoms. The molecule has 2 unspecified atom stereocenters. The van der Waals surface area contributed by atoms with Crippen molar-refractivity contribution in [1.82, 2.24) is 15.0 Å². The third kappa shape index (κ3) is 3.16. The molecule has 0 radical (unpaired) electrons. The second-order valence-corrected chi connectivity index (χ2v) is 5.94. The number of rotatable bonds is 4. The van der Waals surface area contributed by atoms with Gasteiger partial charge < -0.3 is 15.1 Å². The molecule has 1 aliphatic carbocycles. The maximum absolute atomic E-state index is 9.42. The summed E-state index contributed by atoms with van der Waals surface area (Å²) in [5, 5.41) is 9.42. The van der Waals surface area contributed by atoms with E-state index in [0.717, 1.165) is 12.2 Å². The van der Waals surface area contributed by atoms with E-state index in [1.807, 2.05) is 12.1 Å². The molecule has 2 aromatic heterocycles. The van der Waals surface area contributed by atoms with Gasteiger partial charge in [0.15, 0.2) is 5.82 Å². The molecule has 118 valence electrons. The summed E-state index contributed by atoms with van der Waals surface area (Å²) in [6, 6.07) is 5.91. The first-order valence-electron chi connectivity index (χ1n) is 7.38.